The predicted octanol–water partition coefficient (Wildman–Crippen LogP) is 7.37. The van der Waals surface area contributed by atoms with Gasteiger partial charge in [0.2, 0.25) is 0 Å². The SMILES string of the molecule is CC1CCN(S(=O)(=O)c2ccc(Br)cn2)CC1.CC1CCN(S(=O)(=O)c2ccc(CSc3c(Cl)cccc3Cl)cn2)CC1. The first-order chi connectivity index (χ1) is 20.4. The van der Waals surface area contributed by atoms with Crippen molar-refractivity contribution in [3.63, 3.8) is 0 Å². The molecule has 0 atom stereocenters. The molecule has 0 N–H and O–H groups in total. The highest BCUT2D eigenvalue weighted by atomic mass is 79.9. The van der Waals surface area contributed by atoms with E-state index >= 15 is 0 Å². The van der Waals surface area contributed by atoms with E-state index in [1.807, 2.05) is 0 Å². The molecule has 2 fully saturated rings. The predicted molar refractivity (Wildman–Crippen MR) is 177 cm³/mol. The Morgan fingerprint density at radius 1 is 0.767 bits per heavy atom. The van der Waals surface area contributed by atoms with Gasteiger partial charge in [0, 0.05) is 53.7 Å². The average Bonchev–Trinajstić information content (AvgIpc) is 2.98. The molecule has 14 heteroatoms. The Morgan fingerprint density at radius 3 is 1.65 bits per heavy atom. The Kier molecular flexibility index (Phi) is 12.4. The van der Waals surface area contributed by atoms with Crippen molar-refractivity contribution >= 4 is 70.9 Å². The van der Waals surface area contributed by atoms with Crippen LogP contribution in [0.25, 0.3) is 0 Å². The van der Waals surface area contributed by atoms with E-state index in [1.54, 1.807) is 42.6 Å². The van der Waals surface area contributed by atoms with Gasteiger partial charge in [0.05, 0.1) is 10.0 Å². The summed E-state index contributed by atoms with van der Waals surface area (Å²) in [6.45, 7) is 6.63. The third-order valence-corrected chi connectivity index (χ3v) is 13.7. The van der Waals surface area contributed by atoms with E-state index in [9.17, 15) is 16.8 Å². The highest BCUT2D eigenvalue weighted by Crippen LogP contribution is 2.35. The van der Waals surface area contributed by atoms with Crippen molar-refractivity contribution in [3.8, 4) is 0 Å². The summed E-state index contributed by atoms with van der Waals surface area (Å²) in [6, 6.07) is 12.0. The smallest absolute Gasteiger partial charge is 0.243 e. The molecule has 0 saturated carbocycles. The van der Waals surface area contributed by atoms with Crippen LogP contribution >= 0.6 is 50.9 Å². The van der Waals surface area contributed by atoms with E-state index in [0.29, 0.717) is 53.8 Å². The van der Waals surface area contributed by atoms with Crippen LogP contribution in [0, 0.1) is 11.8 Å². The summed E-state index contributed by atoms with van der Waals surface area (Å²) in [5, 5.41) is 1.45. The van der Waals surface area contributed by atoms with Crippen LogP contribution in [0.4, 0.5) is 0 Å². The minimum atomic E-state index is -3.51. The molecule has 0 spiro atoms. The van der Waals surface area contributed by atoms with Crippen LogP contribution in [0.1, 0.15) is 45.1 Å². The van der Waals surface area contributed by atoms with E-state index in [-0.39, 0.29) is 10.1 Å². The summed E-state index contributed by atoms with van der Waals surface area (Å²) in [5.41, 5.74) is 0.914. The maximum atomic E-state index is 12.7. The lowest BCUT2D eigenvalue weighted by molar-refractivity contribution is 0.287. The Morgan fingerprint density at radius 2 is 1.23 bits per heavy atom. The van der Waals surface area contributed by atoms with Crippen LogP contribution in [-0.2, 0) is 25.8 Å². The van der Waals surface area contributed by atoms with E-state index in [2.05, 4.69) is 39.7 Å². The molecule has 0 amide bonds. The lowest BCUT2D eigenvalue weighted by atomic mass is 10.0. The summed E-state index contributed by atoms with van der Waals surface area (Å²) >= 11 is 17.1. The molecule has 4 heterocycles. The van der Waals surface area contributed by atoms with Crippen LogP contribution in [0.2, 0.25) is 10.0 Å². The molecule has 0 radical (unpaired) electrons. The topological polar surface area (TPSA) is 101 Å². The van der Waals surface area contributed by atoms with E-state index in [1.165, 1.54) is 32.6 Å². The number of thioether (sulfide) groups is 1. The van der Waals surface area contributed by atoms with Crippen LogP contribution in [0.5, 0.6) is 0 Å². The largest absolute Gasteiger partial charge is 0.260 e. The number of hydrogen-bond acceptors (Lipinski definition) is 7. The monoisotopic (exact) mass is 748 g/mol. The maximum absolute atomic E-state index is 12.7. The molecule has 0 aliphatic carbocycles. The molecule has 8 nitrogen and oxygen atoms in total. The molecule has 0 unspecified atom stereocenters. The number of aromatic nitrogens is 2. The second kappa shape index (κ2) is 15.4. The highest BCUT2D eigenvalue weighted by molar-refractivity contribution is 9.10. The molecule has 2 aliphatic rings. The minimum absolute atomic E-state index is 0.108. The molecular formula is C29H35BrCl2N4O4S3. The molecule has 43 heavy (non-hydrogen) atoms. The van der Waals surface area contributed by atoms with E-state index < -0.39 is 20.0 Å². The zero-order chi connectivity index (χ0) is 31.2. The van der Waals surface area contributed by atoms with Gasteiger partial charge in [0.15, 0.2) is 10.1 Å². The number of halogens is 3. The minimum Gasteiger partial charge on any atom is -0.243 e. The van der Waals surface area contributed by atoms with Gasteiger partial charge in [0.1, 0.15) is 0 Å². The van der Waals surface area contributed by atoms with Crippen molar-refractivity contribution in [2.75, 3.05) is 26.2 Å². The molecular weight excluding hydrogens is 715 g/mol. The molecule has 5 rings (SSSR count). The van der Waals surface area contributed by atoms with Gasteiger partial charge >= 0.3 is 0 Å². The van der Waals surface area contributed by atoms with Gasteiger partial charge in [-0.2, -0.15) is 8.61 Å². The number of rotatable bonds is 7. The molecule has 2 saturated heterocycles. The van der Waals surface area contributed by atoms with Crippen molar-refractivity contribution in [2.45, 2.75) is 60.2 Å². The zero-order valence-corrected chi connectivity index (χ0v) is 29.5. The Balaban J connectivity index is 0.000000215. The Labute approximate surface area is 277 Å². The van der Waals surface area contributed by atoms with Gasteiger partial charge in [-0.3, -0.25) is 0 Å². The van der Waals surface area contributed by atoms with E-state index in [0.717, 1.165) is 40.6 Å². The van der Waals surface area contributed by atoms with Gasteiger partial charge in [-0.1, -0.05) is 49.2 Å². The van der Waals surface area contributed by atoms with Gasteiger partial charge in [-0.25, -0.2) is 26.8 Å². The fraction of sp³-hybridized carbons (Fsp3) is 0.448. The van der Waals surface area contributed by atoms with Crippen LogP contribution in [-0.4, -0.2) is 61.6 Å². The average molecular weight is 751 g/mol. The summed E-state index contributed by atoms with van der Waals surface area (Å²) in [4.78, 5) is 8.98. The van der Waals surface area contributed by atoms with Gasteiger partial charge in [0.25, 0.3) is 20.0 Å². The highest BCUT2D eigenvalue weighted by Gasteiger charge is 2.30. The third-order valence-electron chi connectivity index (χ3n) is 7.49. The molecule has 2 aromatic heterocycles. The summed E-state index contributed by atoms with van der Waals surface area (Å²) < 4.78 is 53.7. The quantitative estimate of drug-likeness (QED) is 0.233. The second-order valence-corrected chi connectivity index (χ2v) is 17.3. The lowest BCUT2D eigenvalue weighted by Crippen LogP contribution is -2.38. The normalized spacial score (nSPS) is 17.8. The number of nitrogens with zero attached hydrogens (tertiary/aromatic N) is 4. The van der Waals surface area contributed by atoms with Crippen molar-refractivity contribution in [2.24, 2.45) is 11.8 Å². The fourth-order valence-corrected chi connectivity index (χ4v) is 9.27. The fourth-order valence-electron chi connectivity index (χ4n) is 4.65. The first-order valence-electron chi connectivity index (χ1n) is 14.0. The van der Waals surface area contributed by atoms with Gasteiger partial charge in [-0.15, -0.1) is 11.8 Å². The molecule has 1 aromatic carbocycles. The summed E-state index contributed by atoms with van der Waals surface area (Å²) in [5.74, 6) is 1.79. The Bertz CT molecular complexity index is 1560. The number of benzene rings is 1. The number of pyridine rings is 2. The lowest BCUT2D eigenvalue weighted by Gasteiger charge is -2.29. The first kappa shape index (κ1) is 34.6. The molecule has 234 valence electrons. The van der Waals surface area contributed by atoms with Crippen LogP contribution in [0.15, 0.2) is 74.3 Å². The van der Waals surface area contributed by atoms with Gasteiger partial charge in [-0.05, 0) is 89.3 Å². The second-order valence-electron chi connectivity index (χ2n) is 10.8. The maximum Gasteiger partial charge on any atom is 0.260 e. The standard InChI is InChI=1S/C18H20Cl2N2O2S2.C11H15BrN2O2S/c1-13-7-9-22(10-8-13)26(23,24)17-6-5-14(11-21-17)12-25-18-15(19)3-2-4-16(18)20;1-9-4-6-14(7-5-9)17(15,16)11-3-2-10(12)8-13-11/h2-6,11,13H,7-10,12H2,1H3;2-3,8-9H,4-7H2,1H3. The van der Waals surface area contributed by atoms with Crippen LogP contribution < -0.4 is 0 Å². The van der Waals surface area contributed by atoms with Gasteiger partial charge < -0.3 is 0 Å². The zero-order valence-electron chi connectivity index (χ0n) is 24.0. The summed E-state index contributed by atoms with van der Waals surface area (Å²) in [7, 11) is -6.91. The number of sulfonamides is 2. The summed E-state index contributed by atoms with van der Waals surface area (Å²) in [6.07, 6.45) is 6.77. The Hall–Kier alpha value is -1.25. The van der Waals surface area contributed by atoms with Crippen molar-refractivity contribution in [1.82, 2.24) is 18.6 Å². The van der Waals surface area contributed by atoms with E-state index in [4.69, 9.17) is 23.2 Å². The van der Waals surface area contributed by atoms with Crippen molar-refractivity contribution in [1.29, 1.82) is 0 Å². The molecule has 3 aromatic rings. The van der Waals surface area contributed by atoms with Crippen molar-refractivity contribution < 1.29 is 16.8 Å². The molecule has 2 aliphatic heterocycles. The molecule has 0 bridgehead atoms. The number of hydrogen-bond donors (Lipinski definition) is 0. The third kappa shape index (κ3) is 9.16. The first-order valence-corrected chi connectivity index (χ1v) is 19.4. The van der Waals surface area contributed by atoms with Crippen molar-refractivity contribution in [3.05, 3.63) is 74.9 Å². The number of piperidine rings is 2. The van der Waals surface area contributed by atoms with Crippen LogP contribution in [0.3, 0.4) is 0 Å².